The number of phenolic OH excluding ortho intramolecular Hbond substituents is 1. The van der Waals surface area contributed by atoms with Crippen LogP contribution in [0.4, 0.5) is 4.39 Å². The Morgan fingerprint density at radius 2 is 2.29 bits per heavy atom. The molecule has 1 aromatic rings. The van der Waals surface area contributed by atoms with Crippen LogP contribution in [0.1, 0.15) is 24.8 Å². The van der Waals surface area contributed by atoms with Gasteiger partial charge in [-0.05, 0) is 37.4 Å². The highest BCUT2D eigenvalue weighted by Crippen LogP contribution is 2.28. The first kappa shape index (κ1) is 12.2. The molecule has 2 rings (SSSR count). The molecule has 0 amide bonds. The van der Waals surface area contributed by atoms with E-state index >= 15 is 0 Å². The van der Waals surface area contributed by atoms with E-state index in [1.54, 1.807) is 0 Å². The van der Waals surface area contributed by atoms with Gasteiger partial charge in [-0.3, -0.25) is 0 Å². The SMILES string of the molecule is COc1cc(O)c(CC2CCCCN2)cc1F. The lowest BCUT2D eigenvalue weighted by Crippen LogP contribution is -2.35. The number of rotatable bonds is 3. The Balaban J connectivity index is 2.12. The van der Waals surface area contributed by atoms with E-state index in [0.29, 0.717) is 18.0 Å². The van der Waals surface area contributed by atoms with Crippen LogP contribution < -0.4 is 10.1 Å². The predicted molar refractivity (Wildman–Crippen MR) is 64.0 cm³/mol. The molecular weight excluding hydrogens is 221 g/mol. The second-order valence-corrected chi connectivity index (χ2v) is 4.47. The van der Waals surface area contributed by atoms with Gasteiger partial charge in [0.15, 0.2) is 11.6 Å². The number of phenols is 1. The number of methoxy groups -OCH3 is 1. The highest BCUT2D eigenvalue weighted by molar-refractivity contribution is 5.41. The van der Waals surface area contributed by atoms with E-state index in [-0.39, 0.29) is 11.5 Å². The number of hydrogen-bond acceptors (Lipinski definition) is 3. The second kappa shape index (κ2) is 5.36. The fourth-order valence-corrected chi connectivity index (χ4v) is 2.27. The van der Waals surface area contributed by atoms with Crippen molar-refractivity contribution in [3.8, 4) is 11.5 Å². The minimum absolute atomic E-state index is 0.0860. The molecule has 0 bridgehead atoms. The Kier molecular flexibility index (Phi) is 3.84. The van der Waals surface area contributed by atoms with Crippen molar-refractivity contribution >= 4 is 0 Å². The van der Waals surface area contributed by atoms with Gasteiger partial charge in [0.25, 0.3) is 0 Å². The molecule has 0 saturated carbocycles. The van der Waals surface area contributed by atoms with Crippen LogP contribution in [0, 0.1) is 5.82 Å². The van der Waals surface area contributed by atoms with Gasteiger partial charge < -0.3 is 15.2 Å². The monoisotopic (exact) mass is 239 g/mol. The maximum atomic E-state index is 13.5. The van der Waals surface area contributed by atoms with Gasteiger partial charge in [-0.15, -0.1) is 0 Å². The summed E-state index contributed by atoms with van der Waals surface area (Å²) in [5.74, 6) is -0.227. The Morgan fingerprint density at radius 1 is 1.47 bits per heavy atom. The van der Waals surface area contributed by atoms with Crippen molar-refractivity contribution < 1.29 is 14.2 Å². The van der Waals surface area contributed by atoms with Crippen LogP contribution in [-0.4, -0.2) is 24.8 Å². The molecule has 0 spiro atoms. The number of nitrogens with one attached hydrogen (secondary N) is 1. The van der Waals surface area contributed by atoms with Crippen molar-refractivity contribution in [2.24, 2.45) is 0 Å². The first-order chi connectivity index (χ1) is 8.20. The molecule has 0 aromatic heterocycles. The van der Waals surface area contributed by atoms with Crippen LogP contribution in [0.25, 0.3) is 0 Å². The largest absolute Gasteiger partial charge is 0.508 e. The summed E-state index contributed by atoms with van der Waals surface area (Å²) < 4.78 is 18.3. The fourth-order valence-electron chi connectivity index (χ4n) is 2.27. The van der Waals surface area contributed by atoms with E-state index in [1.165, 1.54) is 32.1 Å². The number of benzene rings is 1. The predicted octanol–water partition coefficient (Wildman–Crippen LogP) is 2.22. The molecule has 0 aliphatic carbocycles. The molecule has 1 aromatic carbocycles. The third-order valence-corrected chi connectivity index (χ3v) is 3.23. The van der Waals surface area contributed by atoms with Crippen LogP contribution >= 0.6 is 0 Å². The molecule has 17 heavy (non-hydrogen) atoms. The average Bonchev–Trinajstić information content (AvgIpc) is 2.34. The molecule has 3 nitrogen and oxygen atoms in total. The lowest BCUT2D eigenvalue weighted by molar-refractivity contribution is 0.372. The van der Waals surface area contributed by atoms with Gasteiger partial charge in [-0.1, -0.05) is 6.42 Å². The number of halogens is 1. The molecule has 1 aliphatic heterocycles. The standard InChI is InChI=1S/C13H18FNO2/c1-17-13-8-12(16)9(7-11(13)14)6-10-4-2-3-5-15-10/h7-8,10,15-16H,2-6H2,1H3. The van der Waals surface area contributed by atoms with Crippen molar-refractivity contribution in [2.45, 2.75) is 31.7 Å². The molecular formula is C13H18FNO2. The summed E-state index contributed by atoms with van der Waals surface area (Å²) in [6.45, 7) is 1.00. The zero-order valence-electron chi connectivity index (χ0n) is 10.0. The van der Waals surface area contributed by atoms with E-state index in [9.17, 15) is 9.50 Å². The minimum atomic E-state index is -0.420. The maximum Gasteiger partial charge on any atom is 0.165 e. The van der Waals surface area contributed by atoms with E-state index in [4.69, 9.17) is 4.74 Å². The van der Waals surface area contributed by atoms with Crippen molar-refractivity contribution in [1.82, 2.24) is 5.32 Å². The Labute approximate surface area is 101 Å². The molecule has 0 radical (unpaired) electrons. The third kappa shape index (κ3) is 2.88. The van der Waals surface area contributed by atoms with Gasteiger partial charge in [0.05, 0.1) is 7.11 Å². The molecule has 1 fully saturated rings. The minimum Gasteiger partial charge on any atom is -0.508 e. The second-order valence-electron chi connectivity index (χ2n) is 4.47. The van der Waals surface area contributed by atoms with Crippen LogP contribution in [0.2, 0.25) is 0 Å². The lowest BCUT2D eigenvalue weighted by atomic mass is 9.97. The number of aromatic hydroxyl groups is 1. The molecule has 1 heterocycles. The van der Waals surface area contributed by atoms with Gasteiger partial charge in [0, 0.05) is 12.1 Å². The zero-order valence-corrected chi connectivity index (χ0v) is 10.0. The topological polar surface area (TPSA) is 41.5 Å². The first-order valence-electron chi connectivity index (χ1n) is 5.99. The van der Waals surface area contributed by atoms with Crippen molar-refractivity contribution in [2.75, 3.05) is 13.7 Å². The summed E-state index contributed by atoms with van der Waals surface area (Å²) in [4.78, 5) is 0. The number of ether oxygens (including phenoxy) is 1. The van der Waals surface area contributed by atoms with E-state index in [0.717, 1.165) is 13.0 Å². The van der Waals surface area contributed by atoms with E-state index in [1.807, 2.05) is 0 Å². The first-order valence-corrected chi connectivity index (χ1v) is 5.99. The van der Waals surface area contributed by atoms with Crippen LogP contribution in [0.3, 0.4) is 0 Å². The van der Waals surface area contributed by atoms with Gasteiger partial charge >= 0.3 is 0 Å². The summed E-state index contributed by atoms with van der Waals surface area (Å²) in [5, 5.41) is 13.2. The van der Waals surface area contributed by atoms with Crippen molar-refractivity contribution in [1.29, 1.82) is 0 Å². The average molecular weight is 239 g/mol. The Hall–Kier alpha value is -1.29. The number of hydrogen-bond donors (Lipinski definition) is 2. The van der Waals surface area contributed by atoms with Gasteiger partial charge in [0.1, 0.15) is 5.75 Å². The summed E-state index contributed by atoms with van der Waals surface area (Å²) in [6.07, 6.45) is 4.12. The highest BCUT2D eigenvalue weighted by atomic mass is 19.1. The normalized spacial score (nSPS) is 20.2. The van der Waals surface area contributed by atoms with Crippen LogP contribution in [0.15, 0.2) is 12.1 Å². The Morgan fingerprint density at radius 3 is 2.94 bits per heavy atom. The zero-order chi connectivity index (χ0) is 12.3. The molecule has 1 atom stereocenters. The summed E-state index contributed by atoms with van der Waals surface area (Å²) in [6, 6.07) is 3.04. The number of piperidine rings is 1. The van der Waals surface area contributed by atoms with E-state index < -0.39 is 5.82 Å². The fraction of sp³-hybridized carbons (Fsp3) is 0.538. The molecule has 1 aliphatic rings. The van der Waals surface area contributed by atoms with E-state index in [2.05, 4.69) is 5.32 Å². The molecule has 4 heteroatoms. The van der Waals surface area contributed by atoms with Crippen molar-refractivity contribution in [3.63, 3.8) is 0 Å². The summed E-state index contributed by atoms with van der Waals surface area (Å²) in [5.41, 5.74) is 0.641. The van der Waals surface area contributed by atoms with Gasteiger partial charge in [0.2, 0.25) is 0 Å². The summed E-state index contributed by atoms with van der Waals surface area (Å²) >= 11 is 0. The molecule has 2 N–H and O–H groups in total. The van der Waals surface area contributed by atoms with Gasteiger partial charge in [-0.25, -0.2) is 4.39 Å². The van der Waals surface area contributed by atoms with Crippen LogP contribution in [0.5, 0.6) is 11.5 Å². The molecule has 1 saturated heterocycles. The third-order valence-electron chi connectivity index (χ3n) is 3.23. The summed E-state index contributed by atoms with van der Waals surface area (Å²) in [7, 11) is 1.39. The van der Waals surface area contributed by atoms with Crippen LogP contribution in [-0.2, 0) is 6.42 Å². The van der Waals surface area contributed by atoms with Gasteiger partial charge in [-0.2, -0.15) is 0 Å². The highest BCUT2D eigenvalue weighted by Gasteiger charge is 2.17. The van der Waals surface area contributed by atoms with Crippen molar-refractivity contribution in [3.05, 3.63) is 23.5 Å². The lowest BCUT2D eigenvalue weighted by Gasteiger charge is -2.23. The quantitative estimate of drug-likeness (QED) is 0.850. The maximum absolute atomic E-state index is 13.5. The smallest absolute Gasteiger partial charge is 0.165 e. The Bertz CT molecular complexity index is 389. The molecule has 94 valence electrons. The molecule has 1 unspecified atom stereocenters.